The summed E-state index contributed by atoms with van der Waals surface area (Å²) in [5.41, 5.74) is 2.17. The number of hydrogen-bond acceptors (Lipinski definition) is 3. The van der Waals surface area contributed by atoms with Crippen LogP contribution in [0.2, 0.25) is 0 Å². The van der Waals surface area contributed by atoms with E-state index in [2.05, 4.69) is 67.1 Å². The number of nitrogens with zero attached hydrogens (tertiary/aromatic N) is 2. The van der Waals surface area contributed by atoms with Gasteiger partial charge in [0.1, 0.15) is 5.75 Å². The van der Waals surface area contributed by atoms with E-state index in [1.807, 2.05) is 11.3 Å². The average molecular weight is 425 g/mol. The lowest BCUT2D eigenvalue weighted by molar-refractivity contribution is 0.312. The zero-order valence-electron chi connectivity index (χ0n) is 18.6. The molecule has 3 rings (SSSR count). The smallest absolute Gasteiger partial charge is 0.194 e. The summed E-state index contributed by atoms with van der Waals surface area (Å²) in [5.74, 6) is 0.933. The van der Waals surface area contributed by atoms with E-state index in [0.29, 0.717) is 0 Å². The fourth-order valence-corrected chi connectivity index (χ4v) is 4.52. The molecule has 0 aliphatic rings. The minimum atomic E-state index is 0.761. The van der Waals surface area contributed by atoms with Gasteiger partial charge in [-0.15, -0.1) is 11.3 Å². The molecule has 4 heteroatoms. The first-order valence-electron chi connectivity index (χ1n) is 11.7. The fraction of sp³-hybridized carbons (Fsp3) is 0.500. The first-order valence-corrected chi connectivity index (χ1v) is 12.5. The number of aryl methyl sites for hydroxylation is 1. The Balaban J connectivity index is 1.46. The molecule has 3 nitrogen and oxygen atoms in total. The molecule has 0 unspecified atom stereocenters. The average Bonchev–Trinajstić information content (AvgIpc) is 3.32. The summed E-state index contributed by atoms with van der Waals surface area (Å²) in [6, 6.07) is 8.32. The maximum Gasteiger partial charge on any atom is 0.194 e. The summed E-state index contributed by atoms with van der Waals surface area (Å²) < 4.78 is 8.05. The molecule has 162 valence electrons. The summed E-state index contributed by atoms with van der Waals surface area (Å²) in [7, 11) is 0. The third-order valence-corrected chi connectivity index (χ3v) is 6.34. The molecule has 2 aromatic heterocycles. The Kier molecular flexibility index (Phi) is 9.49. The number of fused-ring (bicyclic) bond motifs is 1. The molecule has 0 radical (unpaired) electrons. The zero-order chi connectivity index (χ0) is 21.0. The van der Waals surface area contributed by atoms with E-state index in [1.165, 1.54) is 56.2 Å². The van der Waals surface area contributed by atoms with Crippen LogP contribution in [0.3, 0.4) is 0 Å². The highest BCUT2D eigenvalue weighted by Crippen LogP contribution is 2.26. The summed E-state index contributed by atoms with van der Waals surface area (Å²) in [5, 5.41) is 0. The van der Waals surface area contributed by atoms with E-state index < -0.39 is 0 Å². The third kappa shape index (κ3) is 7.02. The number of allylic oxidation sites excluding steroid dienone is 2. The Bertz CT molecular complexity index is 860. The Labute approximate surface area is 185 Å². The molecule has 0 saturated carbocycles. The van der Waals surface area contributed by atoms with Crippen molar-refractivity contribution < 1.29 is 4.74 Å². The van der Waals surface area contributed by atoms with Gasteiger partial charge in [-0.25, -0.2) is 4.98 Å². The first-order chi connectivity index (χ1) is 14.8. The van der Waals surface area contributed by atoms with Crippen molar-refractivity contribution in [1.29, 1.82) is 0 Å². The van der Waals surface area contributed by atoms with Crippen LogP contribution in [0.5, 0.6) is 5.75 Å². The molecule has 2 heterocycles. The summed E-state index contributed by atoms with van der Waals surface area (Å²) in [6.07, 6.45) is 21.3. The fourth-order valence-electron chi connectivity index (χ4n) is 3.52. The van der Waals surface area contributed by atoms with E-state index >= 15 is 0 Å². The largest absolute Gasteiger partial charge is 0.494 e. The topological polar surface area (TPSA) is 26.5 Å². The number of unbranched alkanes of at least 4 members (excludes halogenated alkanes) is 6. The lowest BCUT2D eigenvalue weighted by Crippen LogP contribution is -1.96. The number of benzene rings is 1. The molecule has 0 bridgehead atoms. The van der Waals surface area contributed by atoms with Crippen LogP contribution in [0.25, 0.3) is 16.2 Å². The molecular weight excluding hydrogens is 388 g/mol. The van der Waals surface area contributed by atoms with E-state index in [1.54, 1.807) is 0 Å². The highest BCUT2D eigenvalue weighted by Gasteiger charge is 2.08. The maximum atomic E-state index is 5.87. The van der Waals surface area contributed by atoms with Gasteiger partial charge in [-0.2, -0.15) is 0 Å². The van der Waals surface area contributed by atoms with Gasteiger partial charge in [-0.1, -0.05) is 58.1 Å². The van der Waals surface area contributed by atoms with E-state index in [4.69, 9.17) is 9.72 Å². The number of hydrogen-bond donors (Lipinski definition) is 0. The van der Waals surface area contributed by atoms with Crippen molar-refractivity contribution in [2.24, 2.45) is 0 Å². The van der Waals surface area contributed by atoms with Crippen LogP contribution >= 0.6 is 11.3 Å². The molecule has 30 heavy (non-hydrogen) atoms. The van der Waals surface area contributed by atoms with Gasteiger partial charge >= 0.3 is 0 Å². The van der Waals surface area contributed by atoms with Gasteiger partial charge in [0.15, 0.2) is 4.96 Å². The lowest BCUT2D eigenvalue weighted by atomic mass is 10.1. The standard InChI is InChI=1S/C26H36N2OS/c1-3-5-7-9-11-13-19-29-23-17-15-22(16-18-23)25-21-28-20-24(30-26(28)27-25)14-12-10-8-6-4-2/h7,9,15-18,20-21H,3-6,8,10-14,19H2,1-2H3. The number of aromatic nitrogens is 2. The maximum absolute atomic E-state index is 5.87. The Morgan fingerprint density at radius 1 is 0.900 bits per heavy atom. The zero-order valence-corrected chi connectivity index (χ0v) is 19.4. The highest BCUT2D eigenvalue weighted by molar-refractivity contribution is 7.17. The first kappa shape index (κ1) is 22.6. The molecule has 0 fully saturated rings. The SMILES string of the molecule is CCCC=CCCCOc1ccc(-c2cn3cc(CCCCCCC)sc3n2)cc1. The lowest BCUT2D eigenvalue weighted by Gasteiger charge is -2.05. The van der Waals surface area contributed by atoms with E-state index in [0.717, 1.165) is 41.4 Å². The summed E-state index contributed by atoms with van der Waals surface area (Å²) in [4.78, 5) is 7.36. The van der Waals surface area contributed by atoms with Crippen LogP contribution in [0.1, 0.15) is 76.5 Å². The minimum absolute atomic E-state index is 0.761. The molecular formula is C26H36N2OS. The normalized spacial score (nSPS) is 11.7. The van der Waals surface area contributed by atoms with Crippen molar-refractivity contribution >= 4 is 16.3 Å². The molecule has 0 spiro atoms. The third-order valence-electron chi connectivity index (χ3n) is 5.29. The van der Waals surface area contributed by atoms with Crippen molar-refractivity contribution in [2.75, 3.05) is 6.61 Å². The molecule has 0 N–H and O–H groups in total. The van der Waals surface area contributed by atoms with Crippen molar-refractivity contribution in [3.8, 4) is 17.0 Å². The number of ether oxygens (including phenoxy) is 1. The van der Waals surface area contributed by atoms with Crippen LogP contribution in [0.4, 0.5) is 0 Å². The van der Waals surface area contributed by atoms with Crippen LogP contribution in [-0.4, -0.2) is 16.0 Å². The van der Waals surface area contributed by atoms with Gasteiger partial charge < -0.3 is 4.74 Å². The minimum Gasteiger partial charge on any atom is -0.494 e. The van der Waals surface area contributed by atoms with Crippen molar-refractivity contribution in [2.45, 2.75) is 78.1 Å². The van der Waals surface area contributed by atoms with Crippen molar-refractivity contribution in [1.82, 2.24) is 9.38 Å². The van der Waals surface area contributed by atoms with Gasteiger partial charge in [-0.05, 0) is 56.4 Å². The van der Waals surface area contributed by atoms with Crippen LogP contribution in [0.15, 0.2) is 48.8 Å². The van der Waals surface area contributed by atoms with Gasteiger partial charge in [0.25, 0.3) is 0 Å². The second-order valence-electron chi connectivity index (χ2n) is 7.95. The number of imidazole rings is 1. The van der Waals surface area contributed by atoms with Gasteiger partial charge in [-0.3, -0.25) is 4.40 Å². The van der Waals surface area contributed by atoms with Crippen LogP contribution < -0.4 is 4.74 Å². The van der Waals surface area contributed by atoms with E-state index in [-0.39, 0.29) is 0 Å². The summed E-state index contributed by atoms with van der Waals surface area (Å²) >= 11 is 1.82. The molecule has 0 aliphatic heterocycles. The second kappa shape index (κ2) is 12.6. The van der Waals surface area contributed by atoms with Gasteiger partial charge in [0, 0.05) is 22.8 Å². The summed E-state index contributed by atoms with van der Waals surface area (Å²) in [6.45, 7) is 5.23. The Morgan fingerprint density at radius 3 is 2.47 bits per heavy atom. The van der Waals surface area contributed by atoms with Crippen molar-refractivity contribution in [3.05, 3.63) is 53.7 Å². The van der Waals surface area contributed by atoms with Crippen LogP contribution in [0, 0.1) is 0 Å². The molecule has 3 aromatic rings. The highest BCUT2D eigenvalue weighted by atomic mass is 32.1. The quantitative estimate of drug-likeness (QED) is 0.193. The van der Waals surface area contributed by atoms with Crippen molar-refractivity contribution in [3.63, 3.8) is 0 Å². The predicted octanol–water partition coefficient (Wildman–Crippen LogP) is 8.09. The van der Waals surface area contributed by atoms with Gasteiger partial charge in [0.05, 0.1) is 12.3 Å². The monoisotopic (exact) mass is 424 g/mol. The van der Waals surface area contributed by atoms with Gasteiger partial charge in [0.2, 0.25) is 0 Å². The predicted molar refractivity (Wildman–Crippen MR) is 130 cm³/mol. The van der Waals surface area contributed by atoms with E-state index in [9.17, 15) is 0 Å². The molecule has 0 saturated heterocycles. The molecule has 0 atom stereocenters. The number of thiazole rings is 1. The molecule has 1 aromatic carbocycles. The van der Waals surface area contributed by atoms with Crippen LogP contribution in [-0.2, 0) is 6.42 Å². The number of rotatable bonds is 14. The molecule has 0 aliphatic carbocycles. The Morgan fingerprint density at radius 2 is 1.70 bits per heavy atom. The Hall–Kier alpha value is -2.07. The molecule has 0 amide bonds. The second-order valence-corrected chi connectivity index (χ2v) is 9.05.